The summed E-state index contributed by atoms with van der Waals surface area (Å²) >= 11 is 0. The maximum Gasteiger partial charge on any atom is 0.346 e. The second kappa shape index (κ2) is 12.3. The summed E-state index contributed by atoms with van der Waals surface area (Å²) in [5.41, 5.74) is 3.79. The standard InChI is InChI=1S/C32H33FN6O5/c1-17-21(19-12-25(33)24(27(13-19)44-5)16-34-20-14-28(40)35-15-20)8-6-9-22(17)23-10-7-11-26(18(23)2)36-30(41)29-31(42)38(3)32(43)39(4)37-29/h6-13,20,34H,14-16H2,1-5H3,(H,35,40)(H,36,41)/t20-/m1/s1. The Morgan fingerprint density at radius 2 is 1.73 bits per heavy atom. The summed E-state index contributed by atoms with van der Waals surface area (Å²) in [6, 6.07) is 14.4. The van der Waals surface area contributed by atoms with Gasteiger partial charge in [-0.15, -0.1) is 0 Å². The van der Waals surface area contributed by atoms with E-state index in [1.54, 1.807) is 18.2 Å². The topological polar surface area (TPSA) is 136 Å². The third kappa shape index (κ3) is 5.76. The number of methoxy groups -OCH3 is 1. The van der Waals surface area contributed by atoms with Gasteiger partial charge in [0.15, 0.2) is 0 Å². The lowest BCUT2D eigenvalue weighted by molar-refractivity contribution is -0.119. The Morgan fingerprint density at radius 3 is 2.41 bits per heavy atom. The molecule has 0 unspecified atom stereocenters. The van der Waals surface area contributed by atoms with Crippen LogP contribution in [0.15, 0.2) is 58.1 Å². The molecule has 1 saturated heterocycles. The Bertz CT molecular complexity index is 1910. The Labute approximate surface area is 252 Å². The van der Waals surface area contributed by atoms with E-state index in [1.165, 1.54) is 27.3 Å². The highest BCUT2D eigenvalue weighted by molar-refractivity contribution is 6.03. The van der Waals surface area contributed by atoms with Gasteiger partial charge in [0.2, 0.25) is 11.6 Å². The molecule has 5 rings (SSSR count). The van der Waals surface area contributed by atoms with Crippen molar-refractivity contribution in [3.05, 3.63) is 97.6 Å². The summed E-state index contributed by atoms with van der Waals surface area (Å²) in [4.78, 5) is 49.1. The van der Waals surface area contributed by atoms with E-state index in [-0.39, 0.29) is 18.5 Å². The smallest absolute Gasteiger partial charge is 0.346 e. The molecule has 1 aliphatic heterocycles. The third-order valence-corrected chi connectivity index (χ3v) is 7.97. The zero-order valence-corrected chi connectivity index (χ0v) is 25.1. The van der Waals surface area contributed by atoms with Crippen molar-refractivity contribution in [2.24, 2.45) is 14.1 Å². The van der Waals surface area contributed by atoms with Gasteiger partial charge in [-0.2, -0.15) is 5.10 Å². The maximum absolute atomic E-state index is 15.5. The van der Waals surface area contributed by atoms with Crippen molar-refractivity contribution in [3.63, 3.8) is 0 Å². The highest BCUT2D eigenvalue weighted by Crippen LogP contribution is 2.37. The SMILES string of the molecule is COc1cc(-c2cccc(-c3cccc(NC(=O)c4nn(C)c(=O)n(C)c4=O)c3C)c2C)cc(F)c1CN[C@H]1CNC(=O)C1. The molecular formula is C32H33FN6O5. The Kier molecular flexibility index (Phi) is 8.45. The van der Waals surface area contributed by atoms with Crippen LogP contribution in [0.4, 0.5) is 10.1 Å². The predicted octanol–water partition coefficient (Wildman–Crippen LogP) is 2.81. The summed E-state index contributed by atoms with van der Waals surface area (Å²) < 4.78 is 22.8. The van der Waals surface area contributed by atoms with Gasteiger partial charge in [0.05, 0.1) is 7.11 Å². The predicted molar refractivity (Wildman–Crippen MR) is 164 cm³/mol. The van der Waals surface area contributed by atoms with Crippen molar-refractivity contribution in [2.45, 2.75) is 32.9 Å². The summed E-state index contributed by atoms with van der Waals surface area (Å²) in [6.07, 6.45) is 0.348. The quantitative estimate of drug-likeness (QED) is 0.283. The van der Waals surface area contributed by atoms with Crippen LogP contribution in [-0.4, -0.2) is 45.9 Å². The largest absolute Gasteiger partial charge is 0.496 e. The molecule has 0 spiro atoms. The minimum atomic E-state index is -0.793. The molecule has 1 aliphatic rings. The van der Waals surface area contributed by atoms with Crippen LogP contribution in [0.3, 0.4) is 0 Å². The normalized spacial score (nSPS) is 14.4. The summed E-state index contributed by atoms with van der Waals surface area (Å²) in [6.45, 7) is 4.50. The summed E-state index contributed by atoms with van der Waals surface area (Å²) in [5.74, 6) is -0.794. The first-order valence-electron chi connectivity index (χ1n) is 14.0. The van der Waals surface area contributed by atoms with Gasteiger partial charge in [0.1, 0.15) is 11.6 Å². The number of ether oxygens (including phenoxy) is 1. The molecule has 1 atom stereocenters. The first-order valence-corrected chi connectivity index (χ1v) is 14.0. The number of aryl methyl sites for hydroxylation is 1. The molecule has 0 saturated carbocycles. The highest BCUT2D eigenvalue weighted by Gasteiger charge is 2.23. The molecule has 228 valence electrons. The van der Waals surface area contributed by atoms with Gasteiger partial charge < -0.3 is 20.7 Å². The van der Waals surface area contributed by atoms with Crippen LogP contribution in [0.2, 0.25) is 0 Å². The third-order valence-electron chi connectivity index (χ3n) is 7.97. The van der Waals surface area contributed by atoms with Crippen LogP contribution >= 0.6 is 0 Å². The maximum atomic E-state index is 15.5. The average Bonchev–Trinajstić information content (AvgIpc) is 3.43. The molecule has 1 fully saturated rings. The van der Waals surface area contributed by atoms with E-state index < -0.39 is 28.7 Å². The summed E-state index contributed by atoms with van der Waals surface area (Å²) in [7, 11) is 4.15. The molecule has 2 heterocycles. The fourth-order valence-corrected chi connectivity index (χ4v) is 5.44. The van der Waals surface area contributed by atoms with Crippen LogP contribution < -0.4 is 31.9 Å². The Morgan fingerprint density at radius 1 is 1.05 bits per heavy atom. The number of nitrogens with one attached hydrogen (secondary N) is 3. The van der Waals surface area contributed by atoms with Crippen molar-refractivity contribution in [2.75, 3.05) is 19.0 Å². The van der Waals surface area contributed by atoms with Gasteiger partial charge in [0.25, 0.3) is 11.5 Å². The molecular weight excluding hydrogens is 567 g/mol. The van der Waals surface area contributed by atoms with Gasteiger partial charge >= 0.3 is 5.69 Å². The number of nitrogens with zero attached hydrogens (tertiary/aromatic N) is 3. The zero-order chi connectivity index (χ0) is 31.7. The van der Waals surface area contributed by atoms with Crippen LogP contribution in [0, 0.1) is 19.7 Å². The van der Waals surface area contributed by atoms with Crippen molar-refractivity contribution >= 4 is 17.5 Å². The van der Waals surface area contributed by atoms with E-state index in [0.717, 1.165) is 37.1 Å². The molecule has 11 nitrogen and oxygen atoms in total. The van der Waals surface area contributed by atoms with E-state index in [9.17, 15) is 19.2 Å². The lowest BCUT2D eigenvalue weighted by Crippen LogP contribution is -2.43. The lowest BCUT2D eigenvalue weighted by Gasteiger charge is -2.18. The number of carbonyl (C=O) groups excluding carboxylic acids is 2. The van der Waals surface area contributed by atoms with E-state index in [2.05, 4.69) is 21.0 Å². The average molecular weight is 601 g/mol. The fourth-order valence-electron chi connectivity index (χ4n) is 5.44. The van der Waals surface area contributed by atoms with Crippen LogP contribution in [-0.2, 0) is 25.4 Å². The van der Waals surface area contributed by atoms with Gasteiger partial charge in [0, 0.05) is 50.9 Å². The Hall–Kier alpha value is -5.10. The molecule has 3 N–H and O–H groups in total. The molecule has 2 amide bonds. The second-order valence-corrected chi connectivity index (χ2v) is 10.8. The number of rotatable bonds is 8. The summed E-state index contributed by atoms with van der Waals surface area (Å²) in [5, 5.41) is 12.6. The lowest BCUT2D eigenvalue weighted by atomic mass is 9.90. The van der Waals surface area contributed by atoms with Gasteiger partial charge in [-0.1, -0.05) is 30.3 Å². The fraction of sp³-hybridized carbons (Fsp3) is 0.281. The number of halogens is 1. The number of aromatic nitrogens is 3. The first kappa shape index (κ1) is 30.4. The number of carbonyl (C=O) groups is 2. The van der Waals surface area contributed by atoms with Crippen molar-refractivity contribution in [3.8, 4) is 28.0 Å². The molecule has 0 radical (unpaired) electrons. The molecule has 0 aliphatic carbocycles. The number of anilines is 1. The van der Waals surface area contributed by atoms with E-state index >= 15 is 4.39 Å². The van der Waals surface area contributed by atoms with Gasteiger partial charge in [-0.3, -0.25) is 19.0 Å². The van der Waals surface area contributed by atoms with Crippen LogP contribution in [0.25, 0.3) is 22.3 Å². The first-order chi connectivity index (χ1) is 21.0. The number of hydrogen-bond acceptors (Lipinski definition) is 7. The molecule has 4 aromatic rings. The van der Waals surface area contributed by atoms with Crippen LogP contribution in [0.1, 0.15) is 33.6 Å². The number of hydrogen-bond donors (Lipinski definition) is 3. The number of benzene rings is 3. The van der Waals surface area contributed by atoms with E-state index in [4.69, 9.17) is 4.74 Å². The monoisotopic (exact) mass is 600 g/mol. The second-order valence-electron chi connectivity index (χ2n) is 10.8. The minimum absolute atomic E-state index is 0.0316. The van der Waals surface area contributed by atoms with Crippen LogP contribution in [0.5, 0.6) is 5.75 Å². The molecule has 0 bridgehead atoms. The molecule has 44 heavy (non-hydrogen) atoms. The molecule has 1 aromatic heterocycles. The number of amides is 2. The Balaban J connectivity index is 1.46. The molecule has 3 aromatic carbocycles. The van der Waals surface area contributed by atoms with Crippen molar-refractivity contribution < 1.29 is 18.7 Å². The van der Waals surface area contributed by atoms with Crippen molar-refractivity contribution in [1.29, 1.82) is 0 Å². The molecule has 12 heteroatoms. The van der Waals surface area contributed by atoms with Crippen molar-refractivity contribution in [1.82, 2.24) is 25.0 Å². The zero-order valence-electron chi connectivity index (χ0n) is 25.1. The minimum Gasteiger partial charge on any atom is -0.496 e. The van der Waals surface area contributed by atoms with Gasteiger partial charge in [-0.05, 0) is 65.4 Å². The van der Waals surface area contributed by atoms with Gasteiger partial charge in [-0.25, -0.2) is 13.9 Å². The van der Waals surface area contributed by atoms with E-state index in [0.29, 0.717) is 35.5 Å². The van der Waals surface area contributed by atoms with E-state index in [1.807, 2.05) is 38.1 Å². The highest BCUT2D eigenvalue weighted by atomic mass is 19.1.